The maximum atomic E-state index is 11.9. The summed E-state index contributed by atoms with van der Waals surface area (Å²) in [5, 5.41) is 4.26. The van der Waals surface area contributed by atoms with E-state index in [4.69, 9.17) is 0 Å². The summed E-state index contributed by atoms with van der Waals surface area (Å²) in [5.74, 6) is 0.451. The minimum Gasteiger partial charge on any atom is -0.312 e. The number of hydrogen-bond acceptors (Lipinski definition) is 5. The minimum absolute atomic E-state index is 0.154. The number of carbonyl (C=O) groups is 1. The lowest BCUT2D eigenvalue weighted by molar-refractivity contribution is -0.117. The van der Waals surface area contributed by atoms with Crippen LogP contribution in [0.1, 0.15) is 31.0 Å². The van der Waals surface area contributed by atoms with Crippen molar-refractivity contribution in [2.45, 2.75) is 26.7 Å². The van der Waals surface area contributed by atoms with E-state index in [-0.39, 0.29) is 11.5 Å². The average molecular weight is 325 g/mol. The normalized spacial score (nSPS) is 15.0. The Hall–Kier alpha value is -2.96. The van der Waals surface area contributed by atoms with Crippen molar-refractivity contribution in [1.82, 2.24) is 9.97 Å². The predicted molar refractivity (Wildman–Crippen MR) is 93.5 cm³/mol. The van der Waals surface area contributed by atoms with Crippen molar-refractivity contribution in [3.8, 4) is 0 Å². The van der Waals surface area contributed by atoms with Crippen molar-refractivity contribution in [3.05, 3.63) is 51.9 Å². The molecule has 7 heteroatoms. The zero-order chi connectivity index (χ0) is 17.1. The SMILES string of the molecule is C/C(=N/Nc1nc(C)cc(=O)[nH]1)c1cccc(N2CCCC2=O)c1. The molecule has 2 aromatic rings. The zero-order valence-corrected chi connectivity index (χ0v) is 13.7. The van der Waals surface area contributed by atoms with E-state index in [9.17, 15) is 9.59 Å². The summed E-state index contributed by atoms with van der Waals surface area (Å²) in [7, 11) is 0. The molecule has 0 radical (unpaired) electrons. The van der Waals surface area contributed by atoms with Gasteiger partial charge in [0, 0.05) is 30.4 Å². The van der Waals surface area contributed by atoms with E-state index in [1.54, 1.807) is 11.8 Å². The lowest BCUT2D eigenvalue weighted by Crippen LogP contribution is -2.23. The van der Waals surface area contributed by atoms with Gasteiger partial charge in [0.1, 0.15) is 0 Å². The number of hydrogen-bond donors (Lipinski definition) is 2. The van der Waals surface area contributed by atoms with Crippen molar-refractivity contribution < 1.29 is 4.79 Å². The van der Waals surface area contributed by atoms with Crippen LogP contribution >= 0.6 is 0 Å². The van der Waals surface area contributed by atoms with Gasteiger partial charge in [-0.2, -0.15) is 5.10 Å². The molecule has 2 heterocycles. The molecule has 1 aromatic carbocycles. The number of rotatable bonds is 4. The molecule has 0 saturated carbocycles. The van der Waals surface area contributed by atoms with Crippen LogP contribution in [-0.2, 0) is 4.79 Å². The van der Waals surface area contributed by atoms with Gasteiger partial charge in [-0.05, 0) is 38.0 Å². The van der Waals surface area contributed by atoms with Crippen molar-refractivity contribution in [2.75, 3.05) is 16.9 Å². The quantitative estimate of drug-likeness (QED) is 0.665. The fraction of sp³-hybridized carbons (Fsp3) is 0.294. The van der Waals surface area contributed by atoms with Crippen LogP contribution in [0, 0.1) is 6.92 Å². The van der Waals surface area contributed by atoms with E-state index in [2.05, 4.69) is 20.5 Å². The van der Waals surface area contributed by atoms with Crippen LogP contribution in [0.3, 0.4) is 0 Å². The van der Waals surface area contributed by atoms with E-state index < -0.39 is 0 Å². The molecule has 2 N–H and O–H groups in total. The second kappa shape index (κ2) is 6.66. The molecule has 1 aliphatic rings. The fourth-order valence-electron chi connectivity index (χ4n) is 2.65. The van der Waals surface area contributed by atoms with E-state index in [1.807, 2.05) is 31.2 Å². The number of hydrazone groups is 1. The van der Waals surface area contributed by atoms with Gasteiger partial charge in [-0.25, -0.2) is 10.4 Å². The Kier molecular flexibility index (Phi) is 4.41. The number of aromatic amines is 1. The Morgan fingerprint density at radius 1 is 1.33 bits per heavy atom. The molecule has 0 bridgehead atoms. The van der Waals surface area contributed by atoms with Crippen molar-refractivity contribution >= 4 is 23.3 Å². The van der Waals surface area contributed by atoms with Gasteiger partial charge in [0.15, 0.2) is 0 Å². The maximum Gasteiger partial charge on any atom is 0.252 e. The predicted octanol–water partition coefficient (Wildman–Crippen LogP) is 2.04. The van der Waals surface area contributed by atoms with Crippen molar-refractivity contribution in [3.63, 3.8) is 0 Å². The summed E-state index contributed by atoms with van der Waals surface area (Å²) in [5.41, 5.74) is 5.66. The van der Waals surface area contributed by atoms with Crippen molar-refractivity contribution in [1.29, 1.82) is 0 Å². The Morgan fingerprint density at radius 3 is 2.88 bits per heavy atom. The van der Waals surface area contributed by atoms with Gasteiger partial charge in [0.2, 0.25) is 11.9 Å². The number of carbonyl (C=O) groups excluding carboxylic acids is 1. The number of anilines is 2. The molecule has 1 saturated heterocycles. The lowest BCUT2D eigenvalue weighted by Gasteiger charge is -2.16. The smallest absolute Gasteiger partial charge is 0.252 e. The van der Waals surface area contributed by atoms with Gasteiger partial charge >= 0.3 is 0 Å². The van der Waals surface area contributed by atoms with Crippen LogP contribution in [-0.4, -0.2) is 28.1 Å². The average Bonchev–Trinajstić information content (AvgIpc) is 2.98. The summed E-state index contributed by atoms with van der Waals surface area (Å²) < 4.78 is 0. The van der Waals surface area contributed by atoms with Crippen LogP contribution in [0.5, 0.6) is 0 Å². The van der Waals surface area contributed by atoms with Crippen LogP contribution < -0.4 is 15.9 Å². The summed E-state index contributed by atoms with van der Waals surface area (Å²) in [4.78, 5) is 31.8. The third-order valence-corrected chi connectivity index (χ3v) is 3.85. The topological polar surface area (TPSA) is 90.4 Å². The lowest BCUT2D eigenvalue weighted by atomic mass is 10.1. The number of nitrogens with one attached hydrogen (secondary N) is 2. The molecule has 0 aliphatic carbocycles. The Labute approximate surface area is 139 Å². The highest BCUT2D eigenvalue weighted by molar-refractivity contribution is 6.01. The van der Waals surface area contributed by atoms with Crippen molar-refractivity contribution in [2.24, 2.45) is 5.10 Å². The standard InChI is InChI=1S/C17H19N5O2/c1-11-9-15(23)19-17(18-11)21-20-12(2)13-5-3-6-14(10-13)22-8-4-7-16(22)24/h3,5-6,9-10H,4,7-8H2,1-2H3,(H2,18,19,21,23)/b20-12-. The maximum absolute atomic E-state index is 11.9. The minimum atomic E-state index is -0.229. The largest absolute Gasteiger partial charge is 0.312 e. The first-order valence-electron chi connectivity index (χ1n) is 7.82. The van der Waals surface area contributed by atoms with E-state index in [1.165, 1.54) is 6.07 Å². The first kappa shape index (κ1) is 15.9. The van der Waals surface area contributed by atoms with Gasteiger partial charge in [-0.1, -0.05) is 12.1 Å². The number of nitrogens with zero attached hydrogens (tertiary/aromatic N) is 3. The molecule has 1 aliphatic heterocycles. The highest BCUT2D eigenvalue weighted by atomic mass is 16.2. The first-order valence-corrected chi connectivity index (χ1v) is 7.82. The molecular formula is C17H19N5O2. The van der Waals surface area contributed by atoms with Gasteiger partial charge in [0.05, 0.1) is 5.71 Å². The second-order valence-corrected chi connectivity index (χ2v) is 5.74. The highest BCUT2D eigenvalue weighted by Gasteiger charge is 2.21. The Bertz CT molecular complexity index is 856. The Balaban J connectivity index is 1.80. The first-order chi connectivity index (χ1) is 11.5. The van der Waals surface area contributed by atoms with Crippen LogP contribution in [0.4, 0.5) is 11.6 Å². The zero-order valence-electron chi connectivity index (χ0n) is 13.7. The summed E-state index contributed by atoms with van der Waals surface area (Å²) in [6.07, 6.45) is 1.50. The molecule has 1 aromatic heterocycles. The number of aromatic nitrogens is 2. The van der Waals surface area contributed by atoms with E-state index in [0.29, 0.717) is 18.1 Å². The van der Waals surface area contributed by atoms with E-state index >= 15 is 0 Å². The van der Waals surface area contributed by atoms with Gasteiger partial charge in [0.25, 0.3) is 5.56 Å². The van der Waals surface area contributed by atoms with Crippen LogP contribution in [0.15, 0.2) is 40.2 Å². The van der Waals surface area contributed by atoms with E-state index in [0.717, 1.165) is 29.9 Å². The number of aryl methyl sites for hydroxylation is 1. The van der Waals surface area contributed by atoms with Crippen LogP contribution in [0.2, 0.25) is 0 Å². The Morgan fingerprint density at radius 2 is 2.17 bits per heavy atom. The third-order valence-electron chi connectivity index (χ3n) is 3.85. The van der Waals surface area contributed by atoms with Gasteiger partial charge < -0.3 is 4.90 Å². The summed E-state index contributed by atoms with van der Waals surface area (Å²) >= 11 is 0. The monoisotopic (exact) mass is 325 g/mol. The molecule has 0 unspecified atom stereocenters. The third kappa shape index (κ3) is 3.51. The number of benzene rings is 1. The molecule has 7 nitrogen and oxygen atoms in total. The van der Waals surface area contributed by atoms with Gasteiger partial charge in [-0.15, -0.1) is 0 Å². The van der Waals surface area contributed by atoms with Gasteiger partial charge in [-0.3, -0.25) is 14.6 Å². The highest BCUT2D eigenvalue weighted by Crippen LogP contribution is 2.22. The molecule has 0 spiro atoms. The molecule has 3 rings (SSSR count). The van der Waals surface area contributed by atoms with Crippen LogP contribution in [0.25, 0.3) is 0 Å². The second-order valence-electron chi connectivity index (χ2n) is 5.74. The molecular weight excluding hydrogens is 306 g/mol. The fourth-order valence-corrected chi connectivity index (χ4v) is 2.65. The molecule has 1 fully saturated rings. The number of amides is 1. The summed E-state index contributed by atoms with van der Waals surface area (Å²) in [6.45, 7) is 4.35. The summed E-state index contributed by atoms with van der Waals surface area (Å²) in [6, 6.07) is 9.11. The molecule has 1 amide bonds. The molecule has 24 heavy (non-hydrogen) atoms. The number of H-pyrrole nitrogens is 1. The molecule has 124 valence electrons. The molecule has 0 atom stereocenters.